The van der Waals surface area contributed by atoms with Gasteiger partial charge >= 0.3 is 0 Å². The van der Waals surface area contributed by atoms with Crippen molar-refractivity contribution >= 4 is 10.0 Å². The average molecular weight is 330 g/mol. The zero-order valence-electron chi connectivity index (χ0n) is 13.6. The molecule has 0 aliphatic carbocycles. The number of rotatable bonds is 7. The van der Waals surface area contributed by atoms with Gasteiger partial charge in [0.1, 0.15) is 11.5 Å². The summed E-state index contributed by atoms with van der Waals surface area (Å²) >= 11 is 0. The van der Waals surface area contributed by atoms with Crippen LogP contribution in [0.3, 0.4) is 0 Å². The Bertz CT molecular complexity index is 570. The van der Waals surface area contributed by atoms with Crippen molar-refractivity contribution in [2.45, 2.75) is 31.6 Å². The molecule has 0 N–H and O–H groups in total. The van der Waals surface area contributed by atoms with Crippen molar-refractivity contribution in [3.8, 4) is 0 Å². The number of aryl methyl sites for hydroxylation is 1. The second-order valence-corrected chi connectivity index (χ2v) is 8.19. The van der Waals surface area contributed by atoms with Crippen LogP contribution in [0.4, 0.5) is 0 Å². The quantitative estimate of drug-likeness (QED) is 0.757. The van der Waals surface area contributed by atoms with E-state index in [2.05, 4.69) is 4.90 Å². The number of sulfonamides is 1. The molecule has 0 aromatic carbocycles. The molecule has 0 bridgehead atoms. The van der Waals surface area contributed by atoms with E-state index in [0.717, 1.165) is 24.5 Å². The summed E-state index contributed by atoms with van der Waals surface area (Å²) in [5.74, 6) is 1.78. The summed E-state index contributed by atoms with van der Waals surface area (Å²) in [5.41, 5.74) is 0. The summed E-state index contributed by atoms with van der Waals surface area (Å²) in [6.07, 6.45) is 1.61. The van der Waals surface area contributed by atoms with Crippen LogP contribution in [-0.4, -0.2) is 63.3 Å². The van der Waals surface area contributed by atoms with Crippen molar-refractivity contribution in [3.63, 3.8) is 0 Å². The SMILES string of the molecule is COCCN(C)S(=O)(=O)[C@H]1CCCN(Cc2ccc(C)o2)C1. The maximum atomic E-state index is 12.6. The highest BCUT2D eigenvalue weighted by Crippen LogP contribution is 2.21. The molecule has 2 heterocycles. The van der Waals surface area contributed by atoms with Gasteiger partial charge in [-0.2, -0.15) is 0 Å². The number of hydrogen-bond acceptors (Lipinski definition) is 5. The number of nitrogens with zero attached hydrogens (tertiary/aromatic N) is 2. The summed E-state index contributed by atoms with van der Waals surface area (Å²) in [6, 6.07) is 3.89. The van der Waals surface area contributed by atoms with Crippen molar-refractivity contribution in [2.75, 3.05) is 40.4 Å². The van der Waals surface area contributed by atoms with Gasteiger partial charge < -0.3 is 9.15 Å². The van der Waals surface area contributed by atoms with Crippen molar-refractivity contribution in [3.05, 3.63) is 23.7 Å². The van der Waals surface area contributed by atoms with Crippen LogP contribution in [0.15, 0.2) is 16.5 Å². The highest BCUT2D eigenvalue weighted by molar-refractivity contribution is 7.89. The molecule has 1 aliphatic heterocycles. The fourth-order valence-electron chi connectivity index (χ4n) is 2.79. The predicted molar refractivity (Wildman–Crippen MR) is 85.2 cm³/mol. The highest BCUT2D eigenvalue weighted by Gasteiger charge is 2.33. The van der Waals surface area contributed by atoms with Crippen LogP contribution in [0.5, 0.6) is 0 Å². The second kappa shape index (κ2) is 7.59. The summed E-state index contributed by atoms with van der Waals surface area (Å²) in [7, 11) is -0.0675. The average Bonchev–Trinajstić information content (AvgIpc) is 2.90. The lowest BCUT2D eigenvalue weighted by atomic mass is 10.1. The maximum Gasteiger partial charge on any atom is 0.218 e. The van der Waals surface area contributed by atoms with Gasteiger partial charge in [0.05, 0.1) is 18.4 Å². The van der Waals surface area contributed by atoms with Gasteiger partial charge in [-0.05, 0) is 38.4 Å². The smallest absolute Gasteiger partial charge is 0.218 e. The number of likely N-dealkylation sites (N-methyl/N-ethyl adjacent to an activating group) is 1. The van der Waals surface area contributed by atoms with Crippen LogP contribution in [-0.2, 0) is 21.3 Å². The van der Waals surface area contributed by atoms with Gasteiger partial charge in [0, 0.05) is 27.2 Å². The Morgan fingerprint density at radius 2 is 2.23 bits per heavy atom. The molecule has 0 unspecified atom stereocenters. The molecule has 126 valence electrons. The number of hydrogen-bond donors (Lipinski definition) is 0. The van der Waals surface area contributed by atoms with Crippen LogP contribution in [0.25, 0.3) is 0 Å². The van der Waals surface area contributed by atoms with E-state index < -0.39 is 10.0 Å². The summed E-state index contributed by atoms with van der Waals surface area (Å²) in [4.78, 5) is 2.16. The van der Waals surface area contributed by atoms with E-state index in [-0.39, 0.29) is 5.25 Å². The summed E-state index contributed by atoms with van der Waals surface area (Å²) in [5, 5.41) is -0.348. The first kappa shape index (κ1) is 17.5. The minimum Gasteiger partial charge on any atom is -0.465 e. The number of piperidine rings is 1. The normalized spacial score (nSPS) is 20.6. The molecule has 22 heavy (non-hydrogen) atoms. The molecule has 0 amide bonds. The lowest BCUT2D eigenvalue weighted by molar-refractivity contribution is 0.181. The lowest BCUT2D eigenvalue weighted by Crippen LogP contribution is -2.47. The first-order valence-corrected chi connectivity index (χ1v) is 9.15. The number of likely N-dealkylation sites (tertiary alicyclic amines) is 1. The Hall–Kier alpha value is -0.890. The molecule has 1 fully saturated rings. The number of ether oxygens (including phenoxy) is 1. The van der Waals surface area contributed by atoms with E-state index in [0.29, 0.717) is 32.7 Å². The largest absolute Gasteiger partial charge is 0.465 e. The maximum absolute atomic E-state index is 12.6. The third-order valence-corrected chi connectivity index (χ3v) is 6.38. The molecule has 1 aromatic rings. The first-order chi connectivity index (χ1) is 10.4. The molecule has 1 aromatic heterocycles. The molecule has 0 saturated carbocycles. The monoisotopic (exact) mass is 330 g/mol. The molecule has 1 atom stereocenters. The topological polar surface area (TPSA) is 63.0 Å². The predicted octanol–water partition coefficient (Wildman–Crippen LogP) is 1.46. The second-order valence-electron chi connectivity index (χ2n) is 5.87. The van der Waals surface area contributed by atoms with E-state index in [1.165, 1.54) is 4.31 Å². The fraction of sp³-hybridized carbons (Fsp3) is 0.733. The minimum atomic E-state index is -3.27. The van der Waals surface area contributed by atoms with Gasteiger partial charge in [0.2, 0.25) is 10.0 Å². The Labute approximate surface area is 133 Å². The van der Waals surface area contributed by atoms with Gasteiger partial charge in [-0.3, -0.25) is 4.90 Å². The molecular weight excluding hydrogens is 304 g/mol. The Morgan fingerprint density at radius 1 is 1.45 bits per heavy atom. The first-order valence-electron chi connectivity index (χ1n) is 7.65. The van der Waals surface area contributed by atoms with Crippen molar-refractivity contribution in [1.82, 2.24) is 9.21 Å². The van der Waals surface area contributed by atoms with Crippen LogP contribution >= 0.6 is 0 Å². The Balaban J connectivity index is 1.97. The van der Waals surface area contributed by atoms with Gasteiger partial charge in [0.25, 0.3) is 0 Å². The molecule has 6 nitrogen and oxygen atoms in total. The molecule has 7 heteroatoms. The van der Waals surface area contributed by atoms with Crippen LogP contribution in [0.2, 0.25) is 0 Å². The summed E-state index contributed by atoms with van der Waals surface area (Å²) in [6.45, 7) is 4.86. The zero-order chi connectivity index (χ0) is 16.2. The van der Waals surface area contributed by atoms with Crippen LogP contribution < -0.4 is 0 Å². The van der Waals surface area contributed by atoms with Crippen LogP contribution in [0, 0.1) is 6.92 Å². The number of furan rings is 1. The molecule has 1 saturated heterocycles. The van der Waals surface area contributed by atoms with E-state index >= 15 is 0 Å². The van der Waals surface area contributed by atoms with E-state index in [4.69, 9.17) is 9.15 Å². The summed E-state index contributed by atoms with van der Waals surface area (Å²) < 4.78 is 37.2. The van der Waals surface area contributed by atoms with Crippen molar-refractivity contribution in [1.29, 1.82) is 0 Å². The van der Waals surface area contributed by atoms with Crippen molar-refractivity contribution in [2.24, 2.45) is 0 Å². The third-order valence-electron chi connectivity index (χ3n) is 4.10. The molecule has 1 aliphatic rings. The van der Waals surface area contributed by atoms with Gasteiger partial charge in [0.15, 0.2) is 0 Å². The zero-order valence-corrected chi connectivity index (χ0v) is 14.4. The molecule has 2 rings (SSSR count). The minimum absolute atomic E-state index is 0.348. The van der Waals surface area contributed by atoms with Crippen molar-refractivity contribution < 1.29 is 17.6 Å². The van der Waals surface area contributed by atoms with E-state index in [1.54, 1.807) is 14.2 Å². The van der Waals surface area contributed by atoms with Gasteiger partial charge in [-0.1, -0.05) is 0 Å². The standard InChI is InChI=1S/C15H26N2O4S/c1-13-6-7-14(21-13)11-17-8-4-5-15(12-17)22(18,19)16(2)9-10-20-3/h6-7,15H,4-5,8-12H2,1-3H3/t15-/m0/s1. The Kier molecular flexibility index (Phi) is 6.02. The van der Waals surface area contributed by atoms with E-state index in [9.17, 15) is 8.42 Å². The van der Waals surface area contributed by atoms with Gasteiger partial charge in [-0.15, -0.1) is 0 Å². The molecule has 0 radical (unpaired) electrons. The van der Waals surface area contributed by atoms with Gasteiger partial charge in [-0.25, -0.2) is 12.7 Å². The lowest BCUT2D eigenvalue weighted by Gasteiger charge is -2.33. The fourth-order valence-corrected chi connectivity index (χ4v) is 4.49. The molecular formula is C15H26N2O4S. The van der Waals surface area contributed by atoms with E-state index in [1.807, 2.05) is 19.1 Å². The highest BCUT2D eigenvalue weighted by atomic mass is 32.2. The van der Waals surface area contributed by atoms with Crippen LogP contribution in [0.1, 0.15) is 24.4 Å². The Morgan fingerprint density at radius 3 is 2.86 bits per heavy atom. The molecule has 0 spiro atoms. The third kappa shape index (κ3) is 4.32. The number of methoxy groups -OCH3 is 1.